The van der Waals surface area contributed by atoms with Gasteiger partial charge < -0.3 is 15.2 Å². The molecule has 2 N–H and O–H groups in total. The summed E-state index contributed by atoms with van der Waals surface area (Å²) < 4.78 is 5.46. The number of para-hydroxylation sites is 1. The van der Waals surface area contributed by atoms with E-state index >= 15 is 0 Å². The lowest BCUT2D eigenvalue weighted by Crippen LogP contribution is -2.23. The molecular weight excluding hydrogens is 388 g/mol. The minimum Gasteiger partial charge on any atom is -0.479 e. The molecule has 1 heterocycles. The van der Waals surface area contributed by atoms with Gasteiger partial charge in [0, 0.05) is 10.6 Å². The second-order valence-corrected chi connectivity index (χ2v) is 7.06. The summed E-state index contributed by atoms with van der Waals surface area (Å²) in [5.74, 6) is -0.965. The van der Waals surface area contributed by atoms with Gasteiger partial charge in [0.25, 0.3) is 5.91 Å². The number of nitrogens with one attached hydrogen (secondary N) is 1. The van der Waals surface area contributed by atoms with Crippen LogP contribution < -0.4 is 10.1 Å². The van der Waals surface area contributed by atoms with E-state index in [9.17, 15) is 9.59 Å². The summed E-state index contributed by atoms with van der Waals surface area (Å²) in [6.07, 6.45) is 0.644. The highest BCUT2D eigenvalue weighted by Gasteiger charge is 2.24. The molecule has 1 fully saturated rings. The third-order valence-corrected chi connectivity index (χ3v) is 4.73. The zero-order valence-electron chi connectivity index (χ0n) is 14.2. The van der Waals surface area contributed by atoms with Gasteiger partial charge in [-0.25, -0.2) is 9.79 Å². The van der Waals surface area contributed by atoms with Gasteiger partial charge in [0.2, 0.25) is 0 Å². The van der Waals surface area contributed by atoms with Crippen molar-refractivity contribution in [2.24, 2.45) is 4.99 Å². The van der Waals surface area contributed by atoms with E-state index in [-0.39, 0.29) is 5.91 Å². The van der Waals surface area contributed by atoms with Crippen LogP contribution in [-0.2, 0) is 9.59 Å². The van der Waals surface area contributed by atoms with Crippen LogP contribution in [0.5, 0.6) is 5.75 Å². The summed E-state index contributed by atoms with van der Waals surface area (Å²) >= 11 is 7.05. The summed E-state index contributed by atoms with van der Waals surface area (Å²) in [5.41, 5.74) is 1.28. The molecule has 1 aliphatic heterocycles. The molecule has 1 saturated heterocycles. The van der Waals surface area contributed by atoms with Crippen LogP contribution in [-0.4, -0.2) is 28.3 Å². The van der Waals surface area contributed by atoms with Gasteiger partial charge in [-0.05, 0) is 55.1 Å². The normalized spacial score (nSPS) is 17.8. The maximum atomic E-state index is 12.2. The lowest BCUT2D eigenvalue weighted by atomic mass is 10.2. The van der Waals surface area contributed by atoms with E-state index < -0.39 is 12.1 Å². The van der Waals surface area contributed by atoms with Gasteiger partial charge in [-0.3, -0.25) is 4.79 Å². The Morgan fingerprint density at radius 1 is 1.26 bits per heavy atom. The van der Waals surface area contributed by atoms with Crippen molar-refractivity contribution in [3.63, 3.8) is 0 Å². The largest absolute Gasteiger partial charge is 0.479 e. The van der Waals surface area contributed by atoms with E-state index in [2.05, 4.69) is 10.3 Å². The third-order valence-electron chi connectivity index (χ3n) is 3.57. The molecule has 3 rings (SSSR count). The molecule has 138 valence electrons. The number of aliphatic imine (C=N–C) groups is 1. The second kappa shape index (κ2) is 8.28. The second-order valence-electron chi connectivity index (χ2n) is 5.59. The standard InChI is InChI=1S/C19H15ClN2O4S/c1-11(18(24)25)26-15-5-3-2-4-12(15)10-16-17(23)22-19(27-16)21-14-8-6-13(20)7-9-14/h2-11H,1H3,(H,24,25)(H,21,22,23)/b16-10+. The van der Waals surface area contributed by atoms with Crippen molar-refractivity contribution in [1.82, 2.24) is 5.32 Å². The van der Waals surface area contributed by atoms with Crippen molar-refractivity contribution in [2.75, 3.05) is 0 Å². The van der Waals surface area contributed by atoms with E-state index in [0.29, 0.717) is 32.1 Å². The van der Waals surface area contributed by atoms with Crippen molar-refractivity contribution in [1.29, 1.82) is 0 Å². The van der Waals surface area contributed by atoms with Crippen LogP contribution in [0.15, 0.2) is 58.4 Å². The number of benzene rings is 2. The molecule has 2 aromatic carbocycles. The number of halogens is 1. The Morgan fingerprint density at radius 2 is 1.96 bits per heavy atom. The lowest BCUT2D eigenvalue weighted by Gasteiger charge is -2.12. The number of amides is 1. The van der Waals surface area contributed by atoms with Crippen molar-refractivity contribution >= 4 is 52.2 Å². The fourth-order valence-corrected chi connectivity index (χ4v) is 3.16. The lowest BCUT2D eigenvalue weighted by molar-refractivity contribution is -0.144. The molecule has 1 atom stereocenters. The number of aliphatic carboxylic acids is 1. The molecule has 0 saturated carbocycles. The number of hydrogen-bond donors (Lipinski definition) is 2. The zero-order valence-corrected chi connectivity index (χ0v) is 15.8. The SMILES string of the molecule is CC(Oc1ccccc1/C=C1/SC(=Nc2ccc(Cl)cc2)NC1=O)C(=O)O. The molecule has 0 aliphatic carbocycles. The third kappa shape index (κ3) is 4.90. The topological polar surface area (TPSA) is 88.0 Å². The Morgan fingerprint density at radius 3 is 2.67 bits per heavy atom. The van der Waals surface area contributed by atoms with Gasteiger partial charge in [-0.15, -0.1) is 0 Å². The summed E-state index contributed by atoms with van der Waals surface area (Å²) in [6, 6.07) is 13.9. The highest BCUT2D eigenvalue weighted by Crippen LogP contribution is 2.31. The van der Waals surface area contributed by atoms with Gasteiger partial charge in [0.1, 0.15) is 5.75 Å². The van der Waals surface area contributed by atoms with E-state index in [0.717, 1.165) is 0 Å². The molecule has 1 unspecified atom stereocenters. The first-order chi connectivity index (χ1) is 12.9. The quantitative estimate of drug-likeness (QED) is 0.735. The molecule has 0 spiro atoms. The van der Waals surface area contributed by atoms with Crippen LogP contribution in [0, 0.1) is 0 Å². The Labute approximate surface area is 164 Å². The molecule has 1 aliphatic rings. The van der Waals surface area contributed by atoms with Crippen LogP contribution in [0.4, 0.5) is 5.69 Å². The van der Waals surface area contributed by atoms with Crippen LogP contribution in [0.2, 0.25) is 5.02 Å². The van der Waals surface area contributed by atoms with E-state index in [4.69, 9.17) is 21.4 Å². The van der Waals surface area contributed by atoms with E-state index in [1.807, 2.05) is 0 Å². The predicted octanol–water partition coefficient (Wildman–Crippen LogP) is 4.08. The van der Waals surface area contributed by atoms with E-state index in [1.54, 1.807) is 54.6 Å². The van der Waals surface area contributed by atoms with Gasteiger partial charge in [-0.2, -0.15) is 0 Å². The van der Waals surface area contributed by atoms with Crippen molar-refractivity contribution < 1.29 is 19.4 Å². The van der Waals surface area contributed by atoms with Gasteiger partial charge in [0.05, 0.1) is 10.6 Å². The fraction of sp³-hybridized carbons (Fsp3) is 0.105. The number of carboxylic acids is 1. The van der Waals surface area contributed by atoms with Crippen molar-refractivity contribution in [2.45, 2.75) is 13.0 Å². The summed E-state index contributed by atoms with van der Waals surface area (Å²) in [4.78, 5) is 28.1. The smallest absolute Gasteiger partial charge is 0.344 e. The number of nitrogens with zero attached hydrogens (tertiary/aromatic N) is 1. The van der Waals surface area contributed by atoms with Gasteiger partial charge >= 0.3 is 5.97 Å². The predicted molar refractivity (Wildman–Crippen MR) is 106 cm³/mol. The number of carbonyl (C=O) groups excluding carboxylic acids is 1. The molecule has 2 aromatic rings. The average molecular weight is 403 g/mol. The molecule has 27 heavy (non-hydrogen) atoms. The maximum Gasteiger partial charge on any atom is 0.344 e. The molecule has 8 heteroatoms. The number of rotatable bonds is 5. The Balaban J connectivity index is 1.83. The highest BCUT2D eigenvalue weighted by molar-refractivity contribution is 8.18. The first-order valence-electron chi connectivity index (χ1n) is 7.96. The molecule has 0 bridgehead atoms. The zero-order chi connectivity index (χ0) is 19.4. The summed E-state index contributed by atoms with van der Waals surface area (Å²) in [6.45, 7) is 1.44. The molecule has 0 radical (unpaired) electrons. The molecule has 0 aromatic heterocycles. The Hall–Kier alpha value is -2.77. The fourth-order valence-electron chi connectivity index (χ4n) is 2.20. The highest BCUT2D eigenvalue weighted by atomic mass is 35.5. The summed E-state index contributed by atoms with van der Waals surface area (Å²) in [5, 5.41) is 12.8. The van der Waals surface area contributed by atoms with Crippen molar-refractivity contribution in [3.8, 4) is 5.75 Å². The van der Waals surface area contributed by atoms with Crippen molar-refractivity contribution in [3.05, 3.63) is 64.0 Å². The number of ether oxygens (including phenoxy) is 1. The number of thioether (sulfide) groups is 1. The van der Waals surface area contributed by atoms with Crippen LogP contribution in [0.1, 0.15) is 12.5 Å². The summed E-state index contributed by atoms with van der Waals surface area (Å²) in [7, 11) is 0. The van der Waals surface area contributed by atoms with Crippen LogP contribution in [0.25, 0.3) is 6.08 Å². The monoisotopic (exact) mass is 402 g/mol. The molecular formula is C19H15ClN2O4S. The average Bonchev–Trinajstić information content (AvgIpc) is 2.97. The van der Waals surface area contributed by atoms with Crippen LogP contribution in [0.3, 0.4) is 0 Å². The van der Waals surface area contributed by atoms with Gasteiger partial charge in [-0.1, -0.05) is 29.8 Å². The first kappa shape index (κ1) is 19.0. The number of carbonyl (C=O) groups is 2. The van der Waals surface area contributed by atoms with Crippen LogP contribution >= 0.6 is 23.4 Å². The number of amidine groups is 1. The maximum absolute atomic E-state index is 12.2. The Kier molecular flexibility index (Phi) is 5.83. The minimum absolute atomic E-state index is 0.284. The molecule has 1 amide bonds. The number of carboxylic acid groups (broad SMARTS) is 1. The Bertz CT molecular complexity index is 941. The number of hydrogen-bond acceptors (Lipinski definition) is 5. The van der Waals surface area contributed by atoms with E-state index in [1.165, 1.54) is 18.7 Å². The first-order valence-corrected chi connectivity index (χ1v) is 9.15. The molecule has 6 nitrogen and oxygen atoms in total. The minimum atomic E-state index is -1.07. The van der Waals surface area contributed by atoms with Gasteiger partial charge in [0.15, 0.2) is 11.3 Å².